The topological polar surface area (TPSA) is 38.7 Å². The van der Waals surface area contributed by atoms with E-state index in [0.29, 0.717) is 31.1 Å². The van der Waals surface area contributed by atoms with E-state index in [2.05, 4.69) is 0 Å². The molecule has 0 atom stereocenters. The lowest BCUT2D eigenvalue weighted by Crippen LogP contribution is -2.41. The molecular formula is C16H17ClO3. The average molecular weight is 293 g/mol. The SMILES string of the molecule is OC1(COc2ccc(Cl)c3ccccc23)CCOCC1. The summed E-state index contributed by atoms with van der Waals surface area (Å²) in [7, 11) is 0. The van der Waals surface area contributed by atoms with Gasteiger partial charge in [-0.05, 0) is 12.1 Å². The van der Waals surface area contributed by atoms with Crippen molar-refractivity contribution in [2.24, 2.45) is 0 Å². The Kier molecular flexibility index (Phi) is 3.83. The van der Waals surface area contributed by atoms with Crippen LogP contribution < -0.4 is 4.74 Å². The van der Waals surface area contributed by atoms with E-state index in [1.54, 1.807) is 0 Å². The maximum Gasteiger partial charge on any atom is 0.127 e. The van der Waals surface area contributed by atoms with E-state index in [9.17, 15) is 5.11 Å². The van der Waals surface area contributed by atoms with Crippen molar-refractivity contribution in [1.29, 1.82) is 0 Å². The standard InChI is InChI=1S/C16H17ClO3/c17-14-5-6-15(13-4-2-1-3-12(13)14)20-11-16(18)7-9-19-10-8-16/h1-6,18H,7-11H2. The van der Waals surface area contributed by atoms with Gasteiger partial charge in [-0.2, -0.15) is 0 Å². The Morgan fingerprint density at radius 3 is 2.55 bits per heavy atom. The molecule has 0 saturated carbocycles. The Bertz CT molecular complexity index is 606. The molecule has 1 fully saturated rings. The molecule has 1 aliphatic heterocycles. The van der Waals surface area contributed by atoms with Gasteiger partial charge >= 0.3 is 0 Å². The molecule has 0 aliphatic carbocycles. The highest BCUT2D eigenvalue weighted by atomic mass is 35.5. The average Bonchev–Trinajstić information content (AvgIpc) is 2.48. The summed E-state index contributed by atoms with van der Waals surface area (Å²) in [5.74, 6) is 0.755. The summed E-state index contributed by atoms with van der Waals surface area (Å²) >= 11 is 6.18. The van der Waals surface area contributed by atoms with Crippen molar-refractivity contribution in [3.8, 4) is 5.75 Å². The van der Waals surface area contributed by atoms with Gasteiger partial charge in [0.25, 0.3) is 0 Å². The minimum atomic E-state index is -0.793. The van der Waals surface area contributed by atoms with Crippen LogP contribution in [-0.4, -0.2) is 30.5 Å². The van der Waals surface area contributed by atoms with Gasteiger partial charge in [-0.3, -0.25) is 0 Å². The largest absolute Gasteiger partial charge is 0.490 e. The van der Waals surface area contributed by atoms with Crippen molar-refractivity contribution in [1.82, 2.24) is 0 Å². The van der Waals surface area contributed by atoms with E-state index >= 15 is 0 Å². The fourth-order valence-electron chi connectivity index (χ4n) is 2.47. The van der Waals surface area contributed by atoms with Crippen molar-refractivity contribution < 1.29 is 14.6 Å². The summed E-state index contributed by atoms with van der Waals surface area (Å²) in [6.07, 6.45) is 1.22. The van der Waals surface area contributed by atoms with Crippen molar-refractivity contribution >= 4 is 22.4 Å². The molecule has 0 unspecified atom stereocenters. The highest BCUT2D eigenvalue weighted by molar-refractivity contribution is 6.35. The van der Waals surface area contributed by atoms with Gasteiger partial charge in [0.2, 0.25) is 0 Å². The van der Waals surface area contributed by atoms with Gasteiger partial charge in [0.15, 0.2) is 0 Å². The Morgan fingerprint density at radius 2 is 1.80 bits per heavy atom. The van der Waals surface area contributed by atoms with Crippen molar-refractivity contribution in [2.75, 3.05) is 19.8 Å². The van der Waals surface area contributed by atoms with Gasteiger partial charge in [0.1, 0.15) is 18.0 Å². The highest BCUT2D eigenvalue weighted by Gasteiger charge is 2.30. The monoisotopic (exact) mass is 292 g/mol. The van der Waals surface area contributed by atoms with Crippen LogP contribution in [0.5, 0.6) is 5.75 Å². The first-order valence-corrected chi connectivity index (χ1v) is 7.16. The summed E-state index contributed by atoms with van der Waals surface area (Å²) in [6.45, 7) is 1.45. The number of ether oxygens (including phenoxy) is 2. The maximum absolute atomic E-state index is 10.4. The normalized spacial score (nSPS) is 18.1. The summed E-state index contributed by atoms with van der Waals surface area (Å²) in [5, 5.41) is 13.1. The van der Waals surface area contributed by atoms with Crippen molar-refractivity contribution in [2.45, 2.75) is 18.4 Å². The van der Waals surface area contributed by atoms with Crippen LogP contribution in [0.3, 0.4) is 0 Å². The fraction of sp³-hybridized carbons (Fsp3) is 0.375. The lowest BCUT2D eigenvalue weighted by atomic mass is 9.95. The second-order valence-electron chi connectivity index (χ2n) is 5.22. The van der Waals surface area contributed by atoms with E-state index in [-0.39, 0.29) is 6.61 Å². The van der Waals surface area contributed by atoms with Gasteiger partial charge in [-0.15, -0.1) is 0 Å². The quantitative estimate of drug-likeness (QED) is 0.942. The fourth-order valence-corrected chi connectivity index (χ4v) is 2.70. The zero-order valence-corrected chi connectivity index (χ0v) is 11.9. The zero-order valence-electron chi connectivity index (χ0n) is 11.1. The molecule has 0 bridgehead atoms. The molecule has 0 spiro atoms. The van der Waals surface area contributed by atoms with Crippen LogP contribution in [-0.2, 0) is 4.74 Å². The number of fused-ring (bicyclic) bond motifs is 1. The molecule has 0 aromatic heterocycles. The van der Waals surface area contributed by atoms with Crippen LogP contribution in [0.25, 0.3) is 10.8 Å². The molecule has 1 heterocycles. The molecule has 1 aliphatic rings. The Morgan fingerprint density at radius 1 is 1.10 bits per heavy atom. The van der Waals surface area contributed by atoms with Gasteiger partial charge in [-0.1, -0.05) is 35.9 Å². The Labute approximate surface area is 123 Å². The lowest BCUT2D eigenvalue weighted by Gasteiger charge is -2.31. The van der Waals surface area contributed by atoms with Gasteiger partial charge in [0, 0.05) is 41.9 Å². The third kappa shape index (κ3) is 2.75. The molecule has 0 amide bonds. The molecular weight excluding hydrogens is 276 g/mol. The summed E-state index contributed by atoms with van der Waals surface area (Å²) in [6, 6.07) is 11.5. The zero-order chi connectivity index (χ0) is 14.0. The van der Waals surface area contributed by atoms with E-state index in [4.69, 9.17) is 21.1 Å². The minimum absolute atomic E-state index is 0.280. The number of hydrogen-bond donors (Lipinski definition) is 1. The van der Waals surface area contributed by atoms with Crippen molar-refractivity contribution in [3.63, 3.8) is 0 Å². The first kappa shape index (κ1) is 13.7. The number of halogens is 1. The molecule has 4 heteroatoms. The first-order chi connectivity index (χ1) is 9.68. The minimum Gasteiger partial charge on any atom is -0.490 e. The molecule has 0 radical (unpaired) electrons. The second kappa shape index (κ2) is 5.60. The molecule has 20 heavy (non-hydrogen) atoms. The number of hydrogen-bond acceptors (Lipinski definition) is 3. The Balaban J connectivity index is 1.82. The maximum atomic E-state index is 10.4. The number of benzene rings is 2. The summed E-state index contributed by atoms with van der Waals surface area (Å²) in [5.41, 5.74) is -0.793. The van der Waals surface area contributed by atoms with Crippen LogP contribution in [0.2, 0.25) is 5.02 Å². The van der Waals surface area contributed by atoms with Gasteiger partial charge in [0.05, 0.1) is 0 Å². The van der Waals surface area contributed by atoms with Gasteiger partial charge in [-0.25, -0.2) is 0 Å². The van der Waals surface area contributed by atoms with Crippen LogP contribution in [0.15, 0.2) is 36.4 Å². The third-order valence-electron chi connectivity index (χ3n) is 3.75. The highest BCUT2D eigenvalue weighted by Crippen LogP contribution is 2.32. The molecule has 2 aromatic carbocycles. The van der Waals surface area contributed by atoms with Crippen molar-refractivity contribution in [3.05, 3.63) is 41.4 Å². The van der Waals surface area contributed by atoms with E-state index in [1.165, 1.54) is 0 Å². The molecule has 1 saturated heterocycles. The molecule has 1 N–H and O–H groups in total. The third-order valence-corrected chi connectivity index (χ3v) is 4.08. The van der Waals surface area contributed by atoms with E-state index in [0.717, 1.165) is 16.5 Å². The molecule has 3 nitrogen and oxygen atoms in total. The second-order valence-corrected chi connectivity index (χ2v) is 5.62. The summed E-state index contributed by atoms with van der Waals surface area (Å²) in [4.78, 5) is 0. The summed E-state index contributed by atoms with van der Waals surface area (Å²) < 4.78 is 11.1. The number of rotatable bonds is 3. The van der Waals surface area contributed by atoms with Crippen LogP contribution in [0.1, 0.15) is 12.8 Å². The predicted octanol–water partition coefficient (Wildman–Crippen LogP) is 3.41. The molecule has 106 valence electrons. The van der Waals surface area contributed by atoms with Crippen LogP contribution >= 0.6 is 11.6 Å². The predicted molar refractivity (Wildman–Crippen MR) is 79.5 cm³/mol. The smallest absolute Gasteiger partial charge is 0.127 e. The van der Waals surface area contributed by atoms with E-state index in [1.807, 2.05) is 36.4 Å². The van der Waals surface area contributed by atoms with Crippen LogP contribution in [0, 0.1) is 0 Å². The number of aliphatic hydroxyl groups is 1. The van der Waals surface area contributed by atoms with Gasteiger partial charge < -0.3 is 14.6 Å². The van der Waals surface area contributed by atoms with Crippen LogP contribution in [0.4, 0.5) is 0 Å². The first-order valence-electron chi connectivity index (χ1n) is 6.78. The molecule has 3 rings (SSSR count). The van der Waals surface area contributed by atoms with E-state index < -0.39 is 5.60 Å². The lowest BCUT2D eigenvalue weighted by molar-refractivity contribution is -0.0853. The Hall–Kier alpha value is -1.29. The molecule has 2 aromatic rings.